The molecule has 0 atom stereocenters. The summed E-state index contributed by atoms with van der Waals surface area (Å²) in [6.07, 6.45) is 5.86. The number of rotatable bonds is 9. The van der Waals surface area contributed by atoms with Crippen LogP contribution in [-0.4, -0.2) is 55.3 Å². The lowest BCUT2D eigenvalue weighted by atomic mass is 10.0. The summed E-state index contributed by atoms with van der Waals surface area (Å²) in [6.45, 7) is 1.84. The Morgan fingerprint density at radius 3 is 1.62 bits per heavy atom. The van der Waals surface area contributed by atoms with E-state index in [-0.39, 0.29) is 57.2 Å². The zero-order chi connectivity index (χ0) is 38.4. The number of nitrogens with zero attached hydrogens (tertiary/aromatic N) is 6. The summed E-state index contributed by atoms with van der Waals surface area (Å²) in [4.78, 5) is 97.2. The monoisotopic (exact) mass is 730 g/mol. The van der Waals surface area contributed by atoms with E-state index in [1.54, 1.807) is 60.9 Å². The molecule has 2 aliphatic rings. The van der Waals surface area contributed by atoms with E-state index in [1.165, 1.54) is 48.8 Å². The second-order valence-corrected chi connectivity index (χ2v) is 12.6. The third-order valence-corrected chi connectivity index (χ3v) is 8.83. The van der Waals surface area contributed by atoms with Crippen LogP contribution in [0.15, 0.2) is 110 Å². The fourth-order valence-electron chi connectivity index (χ4n) is 6.06. The summed E-state index contributed by atoms with van der Waals surface area (Å²) < 4.78 is 5.95. The van der Waals surface area contributed by atoms with Crippen LogP contribution in [0.4, 0.5) is 23.0 Å². The number of Topliss-reactive ketones (excluding diaryl/α,β-unsaturated/α-hetero) is 1. The molecule has 4 aromatic carbocycles. The number of hydrogen-bond acceptors (Lipinski definition) is 12. The first-order valence-corrected chi connectivity index (χ1v) is 16.7. The van der Waals surface area contributed by atoms with Gasteiger partial charge in [-0.05, 0) is 91.3 Å². The number of nitrogen functional groups attached to an aromatic ring is 1. The molecule has 0 bridgehead atoms. The highest BCUT2D eigenvalue weighted by atomic mass is 16.5. The number of carbonyl (C=O) groups excluding carboxylic acids is 6. The van der Waals surface area contributed by atoms with Gasteiger partial charge in [-0.1, -0.05) is 6.07 Å². The molecule has 3 N–H and O–H groups in total. The van der Waals surface area contributed by atoms with E-state index in [4.69, 9.17) is 10.5 Å². The van der Waals surface area contributed by atoms with Crippen molar-refractivity contribution >= 4 is 58.3 Å². The van der Waals surface area contributed by atoms with Crippen molar-refractivity contribution in [2.75, 3.05) is 20.9 Å². The number of aromatic nitrogens is 4. The van der Waals surface area contributed by atoms with E-state index in [0.29, 0.717) is 28.7 Å². The maximum atomic E-state index is 13.4. The van der Waals surface area contributed by atoms with Gasteiger partial charge in [-0.25, -0.2) is 29.7 Å². The van der Waals surface area contributed by atoms with Crippen LogP contribution in [0.25, 0.3) is 0 Å². The minimum Gasteiger partial charge on any atom is -0.457 e. The van der Waals surface area contributed by atoms with E-state index in [2.05, 4.69) is 25.3 Å². The quantitative estimate of drug-likeness (QED) is 0.145. The largest absolute Gasteiger partial charge is 0.457 e. The van der Waals surface area contributed by atoms with Gasteiger partial charge in [0.2, 0.25) is 5.95 Å². The van der Waals surface area contributed by atoms with Gasteiger partial charge in [-0.15, -0.1) is 0 Å². The lowest BCUT2D eigenvalue weighted by Crippen LogP contribution is -2.29. The molecule has 0 saturated heterocycles. The molecule has 2 aromatic heterocycles. The van der Waals surface area contributed by atoms with E-state index in [0.717, 1.165) is 15.4 Å². The maximum absolute atomic E-state index is 13.4. The third kappa shape index (κ3) is 6.42. The number of imide groups is 2. The first-order valence-electron chi connectivity index (χ1n) is 16.7. The zero-order valence-corrected chi connectivity index (χ0v) is 28.7. The highest BCUT2D eigenvalue weighted by Gasteiger charge is 2.38. The Kier molecular flexibility index (Phi) is 8.42. The standard InChI is InChI=1S/C40H26N8O7/c1-21-17-42-34(43-18-21)16-33(49)22-2-12-29-31(14-22)38(53)47(36(29)51)25-4-8-27(9-5-25)55-28-10-6-26(7-11-28)48-37(52)30-13-3-23(15-32(30)39(48)54)35(50)46-40-44-19-24(41)20-45-40/h2-15,17-20H,16,41H2,1H3,(H,44,45,46,50). The molecule has 55 heavy (non-hydrogen) atoms. The van der Waals surface area contributed by atoms with Crippen molar-refractivity contribution in [3.05, 3.63) is 154 Å². The Morgan fingerprint density at radius 1 is 0.618 bits per heavy atom. The van der Waals surface area contributed by atoms with Crippen molar-refractivity contribution in [2.24, 2.45) is 0 Å². The average Bonchev–Trinajstić information content (AvgIpc) is 3.60. The van der Waals surface area contributed by atoms with Crippen LogP contribution in [0, 0.1) is 6.92 Å². The minimum atomic E-state index is -0.601. The number of nitrogens with two attached hydrogens (primary N) is 1. The Hall–Kier alpha value is -7.94. The molecule has 4 heterocycles. The van der Waals surface area contributed by atoms with Gasteiger partial charge in [0.05, 0.1) is 58.1 Å². The summed E-state index contributed by atoms with van der Waals surface area (Å²) in [7, 11) is 0. The lowest BCUT2D eigenvalue weighted by molar-refractivity contribution is 0.0910. The van der Waals surface area contributed by atoms with E-state index >= 15 is 0 Å². The molecular formula is C40H26N8O7. The molecule has 0 saturated carbocycles. The van der Waals surface area contributed by atoms with Crippen molar-refractivity contribution in [3.8, 4) is 11.5 Å². The van der Waals surface area contributed by atoms with Crippen molar-refractivity contribution < 1.29 is 33.5 Å². The summed E-state index contributed by atoms with van der Waals surface area (Å²) in [5.74, 6) is -1.95. The number of anilines is 4. The second kappa shape index (κ2) is 13.6. The predicted octanol–water partition coefficient (Wildman–Crippen LogP) is 5.23. The van der Waals surface area contributed by atoms with Gasteiger partial charge >= 0.3 is 0 Å². The number of amides is 5. The number of hydrogen-bond donors (Lipinski definition) is 2. The van der Waals surface area contributed by atoms with Crippen LogP contribution in [0.3, 0.4) is 0 Å². The Labute approximate surface area is 311 Å². The summed E-state index contributed by atoms with van der Waals surface area (Å²) in [6, 6.07) is 21.1. The van der Waals surface area contributed by atoms with Gasteiger partial charge in [0.1, 0.15) is 17.3 Å². The molecule has 0 radical (unpaired) electrons. The van der Waals surface area contributed by atoms with Gasteiger partial charge in [0, 0.05) is 23.5 Å². The predicted molar refractivity (Wildman–Crippen MR) is 197 cm³/mol. The number of benzene rings is 4. The lowest BCUT2D eigenvalue weighted by Gasteiger charge is -2.16. The molecular weight excluding hydrogens is 704 g/mol. The number of ketones is 1. The van der Waals surface area contributed by atoms with E-state index in [9.17, 15) is 28.8 Å². The summed E-state index contributed by atoms with van der Waals surface area (Å²) in [5, 5.41) is 2.52. The first kappa shape index (κ1) is 34.2. The zero-order valence-electron chi connectivity index (χ0n) is 28.7. The first-order chi connectivity index (χ1) is 26.5. The van der Waals surface area contributed by atoms with Gasteiger partial charge in [-0.2, -0.15) is 0 Å². The topological polar surface area (TPSA) is 208 Å². The molecule has 0 fully saturated rings. The molecule has 0 aliphatic carbocycles. The van der Waals surface area contributed by atoms with Gasteiger partial charge in [0.15, 0.2) is 5.78 Å². The van der Waals surface area contributed by atoms with E-state index in [1.807, 2.05) is 6.92 Å². The molecule has 6 aromatic rings. The van der Waals surface area contributed by atoms with E-state index < -0.39 is 29.5 Å². The smallest absolute Gasteiger partial charge is 0.266 e. The third-order valence-electron chi connectivity index (χ3n) is 8.83. The molecule has 0 spiro atoms. The molecule has 8 rings (SSSR count). The summed E-state index contributed by atoms with van der Waals surface area (Å²) in [5.41, 5.74) is 8.28. The van der Waals surface area contributed by atoms with Gasteiger partial charge < -0.3 is 10.5 Å². The molecule has 15 heteroatoms. The van der Waals surface area contributed by atoms with Crippen molar-refractivity contribution in [3.63, 3.8) is 0 Å². The number of ether oxygens (including phenoxy) is 1. The fraction of sp³-hybridized carbons (Fsp3) is 0.0500. The van der Waals surface area contributed by atoms with Crippen LogP contribution in [0.1, 0.15) is 73.5 Å². The molecule has 2 aliphatic heterocycles. The molecule has 5 amide bonds. The van der Waals surface area contributed by atoms with Crippen LogP contribution in [-0.2, 0) is 6.42 Å². The fourth-order valence-corrected chi connectivity index (χ4v) is 6.06. The van der Waals surface area contributed by atoms with Gasteiger partial charge in [0.25, 0.3) is 29.5 Å². The SMILES string of the molecule is Cc1cnc(CC(=O)c2ccc3c(c2)C(=O)N(c2ccc(Oc4ccc(N5C(=O)c6ccc(C(=O)Nc7ncc(N)cn7)cc6C5=O)cc4)cc2)C3=O)nc1. The number of aryl methyl sites for hydroxylation is 1. The maximum Gasteiger partial charge on any atom is 0.266 e. The molecule has 0 unspecified atom stereocenters. The Morgan fingerprint density at radius 2 is 1.09 bits per heavy atom. The normalized spacial score (nSPS) is 13.2. The van der Waals surface area contributed by atoms with Crippen LogP contribution >= 0.6 is 0 Å². The Bertz CT molecular complexity index is 2410. The van der Waals surface area contributed by atoms with Crippen LogP contribution < -0.4 is 25.6 Å². The second-order valence-electron chi connectivity index (χ2n) is 12.6. The number of fused-ring (bicyclic) bond motifs is 2. The Balaban J connectivity index is 0.918. The van der Waals surface area contributed by atoms with Gasteiger partial charge in [-0.3, -0.25) is 34.1 Å². The number of nitrogens with one attached hydrogen (secondary N) is 1. The molecule has 15 nitrogen and oxygen atoms in total. The van der Waals surface area contributed by atoms with Crippen molar-refractivity contribution in [2.45, 2.75) is 13.3 Å². The average molecular weight is 731 g/mol. The van der Waals surface area contributed by atoms with Crippen molar-refractivity contribution in [1.82, 2.24) is 19.9 Å². The highest BCUT2D eigenvalue weighted by molar-refractivity contribution is 6.35. The van der Waals surface area contributed by atoms with Crippen molar-refractivity contribution in [1.29, 1.82) is 0 Å². The summed E-state index contributed by atoms with van der Waals surface area (Å²) >= 11 is 0. The van der Waals surface area contributed by atoms with Crippen LogP contribution in [0.5, 0.6) is 11.5 Å². The van der Waals surface area contributed by atoms with Crippen LogP contribution in [0.2, 0.25) is 0 Å². The minimum absolute atomic E-state index is 0.0279. The number of carbonyl (C=O) groups is 6. The molecule has 268 valence electrons. The highest BCUT2D eigenvalue weighted by Crippen LogP contribution is 2.34.